The molecule has 0 fully saturated rings. The van der Waals surface area contributed by atoms with Gasteiger partial charge >= 0.3 is 0 Å². The maximum Gasteiger partial charge on any atom is 0.262 e. The molecule has 2 heterocycles. The second kappa shape index (κ2) is 10.5. The quantitative estimate of drug-likeness (QED) is 0.290. The summed E-state index contributed by atoms with van der Waals surface area (Å²) in [5, 5.41) is 1.72. The van der Waals surface area contributed by atoms with Gasteiger partial charge in [0.05, 0.1) is 5.02 Å². The van der Waals surface area contributed by atoms with Crippen molar-refractivity contribution >= 4 is 60.9 Å². The Kier molecular flexibility index (Phi) is 7.73. The lowest BCUT2D eigenvalue weighted by Crippen LogP contribution is -2.21. The number of carbonyl (C=O) groups is 1. The molecule has 0 aliphatic heterocycles. The van der Waals surface area contributed by atoms with E-state index in [1.165, 1.54) is 6.07 Å². The highest BCUT2D eigenvalue weighted by Crippen LogP contribution is 2.34. The molecule has 2 aromatic heterocycles. The van der Waals surface area contributed by atoms with E-state index >= 15 is 0 Å². The number of benzene rings is 2. The van der Waals surface area contributed by atoms with E-state index in [-0.39, 0.29) is 25.5 Å². The standard InChI is InChI=1S/C26H24Cl2N2O4S2/c1-16-4-9-21-22(10-16)18(13-29(2)3)14-30(26(21)32)19-7-5-17(6-8-19)11-20(31)15-36(33,34)24-12-23(27)25(28)35-24/h4-10,12,14H,11,13,15H2,1-3H3. The van der Waals surface area contributed by atoms with Crippen LogP contribution in [0.15, 0.2) is 63.7 Å². The lowest BCUT2D eigenvalue weighted by molar-refractivity contribution is -0.116. The van der Waals surface area contributed by atoms with Crippen molar-refractivity contribution in [3.8, 4) is 5.69 Å². The molecule has 2 aromatic carbocycles. The fraction of sp³-hybridized carbons (Fsp3) is 0.231. The SMILES string of the molecule is Cc1ccc2c(=O)n(-c3ccc(CC(=O)CS(=O)(=O)c4cc(Cl)c(Cl)s4)cc3)cc(CN(C)C)c2c1. The minimum Gasteiger partial charge on any atom is -0.305 e. The van der Waals surface area contributed by atoms with Crippen LogP contribution in [0.1, 0.15) is 16.7 Å². The van der Waals surface area contributed by atoms with Crippen molar-refractivity contribution < 1.29 is 13.2 Å². The molecule has 0 aliphatic carbocycles. The summed E-state index contributed by atoms with van der Waals surface area (Å²) in [7, 11) is 0.128. The predicted octanol–water partition coefficient (Wildman–Crippen LogP) is 5.31. The zero-order chi connectivity index (χ0) is 26.2. The van der Waals surface area contributed by atoms with Gasteiger partial charge in [0, 0.05) is 30.2 Å². The van der Waals surface area contributed by atoms with Crippen molar-refractivity contribution in [1.29, 1.82) is 0 Å². The van der Waals surface area contributed by atoms with Crippen molar-refractivity contribution in [3.63, 3.8) is 0 Å². The Hall–Kier alpha value is -2.49. The first-order valence-corrected chi connectivity index (χ1v) is 14.3. The van der Waals surface area contributed by atoms with Crippen molar-refractivity contribution in [3.05, 3.63) is 91.1 Å². The number of sulfone groups is 1. The number of Topliss-reactive ketones (excluding diaryl/α,β-unsaturated/α-hetero) is 1. The number of pyridine rings is 1. The number of hydrogen-bond donors (Lipinski definition) is 0. The van der Waals surface area contributed by atoms with Gasteiger partial charge in [-0.1, -0.05) is 53.0 Å². The Morgan fingerprint density at radius 3 is 2.33 bits per heavy atom. The van der Waals surface area contributed by atoms with Crippen molar-refractivity contribution in [1.82, 2.24) is 9.47 Å². The molecule has 0 aliphatic rings. The van der Waals surface area contributed by atoms with Gasteiger partial charge in [0.25, 0.3) is 5.56 Å². The van der Waals surface area contributed by atoms with Crippen LogP contribution in [0.2, 0.25) is 9.36 Å². The summed E-state index contributed by atoms with van der Waals surface area (Å²) >= 11 is 12.6. The van der Waals surface area contributed by atoms with E-state index in [9.17, 15) is 18.0 Å². The number of thiophene rings is 1. The van der Waals surface area contributed by atoms with E-state index in [0.29, 0.717) is 23.2 Å². The van der Waals surface area contributed by atoms with Gasteiger partial charge in [-0.2, -0.15) is 0 Å². The molecule has 0 radical (unpaired) electrons. The molecule has 0 amide bonds. The van der Waals surface area contributed by atoms with E-state index in [1.807, 2.05) is 50.3 Å². The first kappa shape index (κ1) is 26.6. The molecule has 6 nitrogen and oxygen atoms in total. The largest absolute Gasteiger partial charge is 0.305 e. The molecule has 4 rings (SSSR count). The molecular weight excluding hydrogens is 539 g/mol. The molecule has 0 N–H and O–H groups in total. The van der Waals surface area contributed by atoms with Crippen molar-refractivity contribution in [2.45, 2.75) is 24.1 Å². The first-order valence-electron chi connectivity index (χ1n) is 11.0. The van der Waals surface area contributed by atoms with Crippen LogP contribution < -0.4 is 5.56 Å². The number of nitrogens with zero attached hydrogens (tertiary/aromatic N) is 2. The molecular formula is C26H24Cl2N2O4S2. The van der Waals surface area contributed by atoms with Crippen LogP contribution in [-0.4, -0.2) is 43.5 Å². The van der Waals surface area contributed by atoms with Gasteiger partial charge in [0.1, 0.15) is 14.3 Å². The lowest BCUT2D eigenvalue weighted by Gasteiger charge is -2.16. The van der Waals surface area contributed by atoms with Crippen LogP contribution in [0.5, 0.6) is 0 Å². The number of halogens is 2. The number of rotatable bonds is 8. The minimum atomic E-state index is -3.83. The summed E-state index contributed by atoms with van der Waals surface area (Å²) in [6.45, 7) is 2.67. The number of hydrogen-bond acceptors (Lipinski definition) is 6. The highest BCUT2D eigenvalue weighted by molar-refractivity contribution is 7.94. The Labute approximate surface area is 223 Å². The summed E-state index contributed by atoms with van der Waals surface area (Å²) in [4.78, 5) is 27.8. The maximum atomic E-state index is 13.3. The second-order valence-electron chi connectivity index (χ2n) is 8.94. The van der Waals surface area contributed by atoms with Crippen LogP contribution in [0.4, 0.5) is 0 Å². The summed E-state index contributed by atoms with van der Waals surface area (Å²) < 4.78 is 26.8. The van der Waals surface area contributed by atoms with E-state index in [4.69, 9.17) is 23.2 Å². The summed E-state index contributed by atoms with van der Waals surface area (Å²) in [5.41, 5.74) is 3.29. The average molecular weight is 564 g/mol. The summed E-state index contributed by atoms with van der Waals surface area (Å²) in [6, 6.07) is 14.1. The second-order valence-corrected chi connectivity index (χ2v) is 13.2. The molecule has 0 bridgehead atoms. The fourth-order valence-corrected chi connectivity index (χ4v) is 7.20. The number of fused-ring (bicyclic) bond motifs is 1. The number of aryl methyl sites for hydroxylation is 1. The van der Waals surface area contributed by atoms with Crippen LogP contribution in [-0.2, 0) is 27.6 Å². The van der Waals surface area contributed by atoms with E-state index in [0.717, 1.165) is 27.8 Å². The van der Waals surface area contributed by atoms with Gasteiger partial charge in [-0.25, -0.2) is 8.42 Å². The van der Waals surface area contributed by atoms with Gasteiger partial charge in [-0.15, -0.1) is 11.3 Å². The average Bonchev–Trinajstić information content (AvgIpc) is 3.15. The number of aromatic nitrogens is 1. The zero-order valence-electron chi connectivity index (χ0n) is 19.9. The van der Waals surface area contributed by atoms with Crippen LogP contribution in [0.3, 0.4) is 0 Å². The van der Waals surface area contributed by atoms with Gasteiger partial charge in [-0.3, -0.25) is 14.2 Å². The molecule has 0 spiro atoms. The lowest BCUT2D eigenvalue weighted by atomic mass is 10.0. The molecule has 188 valence electrons. The van der Waals surface area contributed by atoms with Crippen LogP contribution in [0.25, 0.3) is 16.5 Å². The number of carbonyl (C=O) groups excluding carboxylic acids is 1. The molecule has 36 heavy (non-hydrogen) atoms. The third-order valence-electron chi connectivity index (χ3n) is 5.64. The van der Waals surface area contributed by atoms with E-state index in [2.05, 4.69) is 0 Å². The van der Waals surface area contributed by atoms with Gasteiger partial charge in [0.2, 0.25) is 0 Å². The molecule has 0 saturated carbocycles. The van der Waals surface area contributed by atoms with Gasteiger partial charge < -0.3 is 4.90 Å². The van der Waals surface area contributed by atoms with E-state index in [1.54, 1.807) is 28.8 Å². The Bertz CT molecular complexity index is 1600. The Balaban J connectivity index is 1.58. The number of ketones is 1. The smallest absolute Gasteiger partial charge is 0.262 e. The topological polar surface area (TPSA) is 76.5 Å². The summed E-state index contributed by atoms with van der Waals surface area (Å²) in [5.74, 6) is -1.09. The highest BCUT2D eigenvalue weighted by atomic mass is 35.5. The summed E-state index contributed by atoms with van der Waals surface area (Å²) in [6.07, 6.45) is 1.80. The minimum absolute atomic E-state index is 0.0272. The fourth-order valence-electron chi connectivity index (χ4n) is 4.00. The molecule has 4 aromatic rings. The molecule has 0 atom stereocenters. The maximum absolute atomic E-state index is 13.3. The highest BCUT2D eigenvalue weighted by Gasteiger charge is 2.23. The van der Waals surface area contributed by atoms with Crippen LogP contribution >= 0.6 is 34.5 Å². The predicted molar refractivity (Wildman–Crippen MR) is 147 cm³/mol. The van der Waals surface area contributed by atoms with Crippen LogP contribution in [0, 0.1) is 6.92 Å². The molecule has 0 unspecified atom stereocenters. The Morgan fingerprint density at radius 2 is 1.72 bits per heavy atom. The monoisotopic (exact) mass is 562 g/mol. The molecule has 10 heteroatoms. The van der Waals surface area contributed by atoms with E-state index < -0.39 is 21.4 Å². The first-order chi connectivity index (χ1) is 16.9. The van der Waals surface area contributed by atoms with Gasteiger partial charge in [-0.05, 0) is 61.8 Å². The third-order valence-corrected chi connectivity index (χ3v) is 9.74. The normalized spacial score (nSPS) is 11.9. The molecule has 0 saturated heterocycles. The zero-order valence-corrected chi connectivity index (χ0v) is 23.1. The van der Waals surface area contributed by atoms with Crippen molar-refractivity contribution in [2.75, 3.05) is 19.8 Å². The van der Waals surface area contributed by atoms with Gasteiger partial charge in [0.15, 0.2) is 15.6 Å². The third kappa shape index (κ3) is 5.74. The Morgan fingerprint density at radius 1 is 1.03 bits per heavy atom. The van der Waals surface area contributed by atoms with Crippen molar-refractivity contribution in [2.24, 2.45) is 0 Å².